The lowest BCUT2D eigenvalue weighted by Crippen LogP contribution is -2.33. The van der Waals surface area contributed by atoms with Gasteiger partial charge in [-0.25, -0.2) is 4.39 Å². The second kappa shape index (κ2) is 5.74. The molecule has 4 nitrogen and oxygen atoms in total. The molecule has 0 radical (unpaired) electrons. The minimum absolute atomic E-state index is 0.0985. The van der Waals surface area contributed by atoms with E-state index in [0.717, 1.165) is 34.9 Å². The number of aromatic nitrogens is 2. The van der Waals surface area contributed by atoms with Crippen molar-refractivity contribution in [2.45, 2.75) is 32.4 Å². The van der Waals surface area contributed by atoms with Crippen LogP contribution in [0.1, 0.15) is 34.5 Å². The van der Waals surface area contributed by atoms with Crippen molar-refractivity contribution in [3.05, 3.63) is 65.1 Å². The molecule has 0 atom stereocenters. The Balaban J connectivity index is 1.67. The Morgan fingerprint density at radius 2 is 2.12 bits per heavy atom. The fraction of sp³-hybridized carbons (Fsp3) is 0.263. The van der Waals surface area contributed by atoms with Gasteiger partial charge in [0.25, 0.3) is 5.91 Å². The van der Waals surface area contributed by atoms with Crippen molar-refractivity contribution in [3.63, 3.8) is 0 Å². The predicted molar refractivity (Wildman–Crippen MR) is 90.1 cm³/mol. The molecule has 4 rings (SSSR count). The first-order valence-corrected chi connectivity index (χ1v) is 8.12. The number of fused-ring (bicyclic) bond motifs is 1. The number of hydrogen-bond acceptors (Lipinski definition) is 2. The number of nitrogens with one attached hydrogen (secondary N) is 1. The number of carbonyl (C=O) groups is 1. The molecule has 2 aromatic carbocycles. The first-order chi connectivity index (χ1) is 11.6. The highest BCUT2D eigenvalue weighted by Gasteiger charge is 2.34. The summed E-state index contributed by atoms with van der Waals surface area (Å²) >= 11 is 0. The smallest absolute Gasteiger partial charge is 0.275 e. The molecule has 1 aliphatic carbocycles. The quantitative estimate of drug-likeness (QED) is 0.793. The zero-order valence-electron chi connectivity index (χ0n) is 13.4. The number of aryl methyl sites for hydroxylation is 1. The molecule has 1 N–H and O–H groups in total. The van der Waals surface area contributed by atoms with E-state index in [1.165, 1.54) is 12.1 Å². The van der Waals surface area contributed by atoms with E-state index in [0.29, 0.717) is 12.2 Å². The molecule has 1 amide bonds. The summed E-state index contributed by atoms with van der Waals surface area (Å²) in [5.41, 5.74) is 3.18. The second-order valence-corrected chi connectivity index (χ2v) is 6.42. The molecule has 24 heavy (non-hydrogen) atoms. The Kier molecular flexibility index (Phi) is 3.56. The fourth-order valence-corrected chi connectivity index (χ4v) is 3.01. The number of H-pyrrole nitrogens is 1. The van der Waals surface area contributed by atoms with E-state index in [-0.39, 0.29) is 17.8 Å². The lowest BCUT2D eigenvalue weighted by Gasteiger charge is -2.21. The Bertz CT molecular complexity index is 914. The third kappa shape index (κ3) is 2.77. The Morgan fingerprint density at radius 3 is 2.88 bits per heavy atom. The van der Waals surface area contributed by atoms with Gasteiger partial charge in [0, 0.05) is 18.0 Å². The van der Waals surface area contributed by atoms with Gasteiger partial charge < -0.3 is 4.90 Å². The van der Waals surface area contributed by atoms with Gasteiger partial charge in [-0.3, -0.25) is 9.89 Å². The van der Waals surface area contributed by atoms with Crippen LogP contribution in [0.15, 0.2) is 42.5 Å². The highest BCUT2D eigenvalue weighted by molar-refractivity contribution is 6.05. The second-order valence-electron chi connectivity index (χ2n) is 6.42. The molecule has 122 valence electrons. The van der Waals surface area contributed by atoms with Crippen LogP contribution in [0, 0.1) is 12.7 Å². The lowest BCUT2D eigenvalue weighted by atomic mass is 10.1. The van der Waals surface area contributed by atoms with Gasteiger partial charge in [-0.2, -0.15) is 5.10 Å². The first-order valence-electron chi connectivity index (χ1n) is 8.12. The van der Waals surface area contributed by atoms with E-state index in [9.17, 15) is 9.18 Å². The number of rotatable bonds is 4. The molecule has 1 saturated carbocycles. The van der Waals surface area contributed by atoms with Crippen molar-refractivity contribution >= 4 is 16.8 Å². The molecule has 1 aliphatic rings. The fourth-order valence-electron chi connectivity index (χ4n) is 3.01. The number of aromatic amines is 1. The van der Waals surface area contributed by atoms with E-state index in [1.807, 2.05) is 36.1 Å². The molecule has 0 spiro atoms. The Morgan fingerprint density at radius 1 is 1.29 bits per heavy atom. The topological polar surface area (TPSA) is 49.0 Å². The van der Waals surface area contributed by atoms with Crippen molar-refractivity contribution in [1.29, 1.82) is 0 Å². The number of amides is 1. The van der Waals surface area contributed by atoms with Gasteiger partial charge in [-0.1, -0.05) is 23.8 Å². The molecule has 1 heterocycles. The van der Waals surface area contributed by atoms with Crippen LogP contribution in [-0.4, -0.2) is 27.0 Å². The molecule has 0 unspecified atom stereocenters. The zero-order valence-corrected chi connectivity index (χ0v) is 13.4. The summed E-state index contributed by atoms with van der Waals surface area (Å²) in [4.78, 5) is 14.9. The number of carbonyl (C=O) groups excluding carboxylic acids is 1. The Hall–Kier alpha value is -2.69. The van der Waals surface area contributed by atoms with Crippen molar-refractivity contribution in [2.24, 2.45) is 0 Å². The van der Waals surface area contributed by atoms with Gasteiger partial charge in [-0.15, -0.1) is 0 Å². The maximum Gasteiger partial charge on any atom is 0.275 e. The van der Waals surface area contributed by atoms with Crippen LogP contribution in [0.25, 0.3) is 10.9 Å². The van der Waals surface area contributed by atoms with E-state index >= 15 is 0 Å². The summed E-state index contributed by atoms with van der Waals surface area (Å²) in [6.07, 6.45) is 1.98. The minimum Gasteiger partial charge on any atom is -0.330 e. The predicted octanol–water partition coefficient (Wildman–Crippen LogP) is 3.82. The highest BCUT2D eigenvalue weighted by Crippen LogP contribution is 2.31. The molecule has 3 aromatic rings. The monoisotopic (exact) mass is 323 g/mol. The van der Waals surface area contributed by atoms with E-state index < -0.39 is 0 Å². The highest BCUT2D eigenvalue weighted by atomic mass is 19.1. The summed E-state index contributed by atoms with van der Waals surface area (Å²) in [6, 6.07) is 12.5. The van der Waals surface area contributed by atoms with Crippen LogP contribution >= 0.6 is 0 Å². The third-order valence-corrected chi connectivity index (χ3v) is 4.41. The molecule has 0 bridgehead atoms. The standard InChI is InChI=1S/C19H18FN3O/c1-12-5-8-17-16(9-12)18(22-21-17)19(24)23(15-6-7-15)11-13-3-2-4-14(20)10-13/h2-5,8-10,15H,6-7,11H2,1H3,(H,21,22). The molecular formula is C19H18FN3O. The number of nitrogens with zero attached hydrogens (tertiary/aromatic N) is 2. The van der Waals surface area contributed by atoms with E-state index in [2.05, 4.69) is 10.2 Å². The minimum atomic E-state index is -0.281. The number of hydrogen-bond donors (Lipinski definition) is 1. The molecule has 0 aliphatic heterocycles. The first kappa shape index (κ1) is 14.9. The average Bonchev–Trinajstić information content (AvgIpc) is 3.32. The van der Waals surface area contributed by atoms with Gasteiger partial charge in [0.2, 0.25) is 0 Å². The van der Waals surface area contributed by atoms with Gasteiger partial charge in [0.1, 0.15) is 5.82 Å². The molecule has 0 saturated heterocycles. The number of halogens is 1. The largest absolute Gasteiger partial charge is 0.330 e. The lowest BCUT2D eigenvalue weighted by molar-refractivity contribution is 0.0725. The summed E-state index contributed by atoms with van der Waals surface area (Å²) in [5, 5.41) is 8.00. The van der Waals surface area contributed by atoms with Gasteiger partial charge in [0.05, 0.1) is 5.52 Å². The average molecular weight is 323 g/mol. The van der Waals surface area contributed by atoms with Crippen LogP contribution < -0.4 is 0 Å². The summed E-state index contributed by atoms with van der Waals surface area (Å²) in [6.45, 7) is 2.40. The molecular weight excluding hydrogens is 305 g/mol. The molecule has 1 aromatic heterocycles. The van der Waals surface area contributed by atoms with Crippen LogP contribution in [0.3, 0.4) is 0 Å². The number of benzene rings is 2. The maximum atomic E-state index is 13.4. The van der Waals surface area contributed by atoms with E-state index in [1.54, 1.807) is 6.07 Å². The molecule has 1 fully saturated rings. The molecule has 5 heteroatoms. The summed E-state index contributed by atoms with van der Waals surface area (Å²) in [5.74, 6) is -0.379. The van der Waals surface area contributed by atoms with Crippen LogP contribution in [-0.2, 0) is 6.54 Å². The third-order valence-electron chi connectivity index (χ3n) is 4.41. The SMILES string of the molecule is Cc1ccc2[nH]nc(C(=O)N(Cc3cccc(F)c3)C3CC3)c2c1. The van der Waals surface area contributed by atoms with Crippen LogP contribution in [0.2, 0.25) is 0 Å². The van der Waals surface area contributed by atoms with Crippen molar-refractivity contribution in [1.82, 2.24) is 15.1 Å². The van der Waals surface area contributed by atoms with Crippen molar-refractivity contribution < 1.29 is 9.18 Å². The van der Waals surface area contributed by atoms with Gasteiger partial charge in [0.15, 0.2) is 5.69 Å². The summed E-state index contributed by atoms with van der Waals surface area (Å²) < 4.78 is 13.4. The summed E-state index contributed by atoms with van der Waals surface area (Å²) in [7, 11) is 0. The maximum absolute atomic E-state index is 13.4. The van der Waals surface area contributed by atoms with Gasteiger partial charge >= 0.3 is 0 Å². The zero-order chi connectivity index (χ0) is 16.7. The van der Waals surface area contributed by atoms with Crippen molar-refractivity contribution in [3.8, 4) is 0 Å². The van der Waals surface area contributed by atoms with Crippen LogP contribution in [0.5, 0.6) is 0 Å². The van der Waals surface area contributed by atoms with Gasteiger partial charge in [-0.05, 0) is 49.6 Å². The van der Waals surface area contributed by atoms with Crippen LogP contribution in [0.4, 0.5) is 4.39 Å². The van der Waals surface area contributed by atoms with E-state index in [4.69, 9.17) is 0 Å². The van der Waals surface area contributed by atoms with Crippen molar-refractivity contribution in [2.75, 3.05) is 0 Å². The Labute approximate surface area is 139 Å². The normalized spacial score (nSPS) is 14.1.